The molecule has 20 heavy (non-hydrogen) atoms. The van der Waals surface area contributed by atoms with Gasteiger partial charge in [0.25, 0.3) is 0 Å². The molecule has 0 spiro atoms. The smallest absolute Gasteiger partial charge is 0.0206 e. The second-order valence-corrected chi connectivity index (χ2v) is 5.25. The summed E-state index contributed by atoms with van der Waals surface area (Å²) in [4.78, 5) is 0. The lowest BCUT2D eigenvalue weighted by atomic mass is 10.1. The predicted molar refractivity (Wildman–Crippen MR) is 86.8 cm³/mol. The molecule has 1 aromatic carbocycles. The van der Waals surface area contributed by atoms with E-state index in [1.807, 2.05) is 6.07 Å². The van der Waals surface area contributed by atoms with Crippen LogP contribution in [0, 0.1) is 0 Å². The van der Waals surface area contributed by atoms with Gasteiger partial charge in [-0.15, -0.1) is 0 Å². The highest BCUT2D eigenvalue weighted by molar-refractivity contribution is 5.15. The minimum atomic E-state index is 0.190. The number of rotatable bonds is 12. The third-order valence-corrected chi connectivity index (χ3v) is 3.26. The van der Waals surface area contributed by atoms with E-state index in [9.17, 15) is 0 Å². The number of nitrogens with one attached hydrogen (secondary N) is 2. The molecule has 0 saturated carbocycles. The number of benzene rings is 1. The molecule has 1 rings (SSSR count). The summed E-state index contributed by atoms with van der Waals surface area (Å²) < 4.78 is 0. The van der Waals surface area contributed by atoms with E-state index in [4.69, 9.17) is 11.5 Å². The number of hydrogen-bond acceptors (Lipinski definition) is 4. The fraction of sp³-hybridized carbons (Fsp3) is 0.625. The van der Waals surface area contributed by atoms with Gasteiger partial charge in [-0.2, -0.15) is 0 Å². The van der Waals surface area contributed by atoms with Crippen molar-refractivity contribution >= 4 is 0 Å². The Hall–Kier alpha value is -0.940. The molecule has 0 saturated heterocycles. The molecule has 1 aromatic rings. The van der Waals surface area contributed by atoms with Gasteiger partial charge in [0.05, 0.1) is 0 Å². The quantitative estimate of drug-likeness (QED) is 0.428. The SMILES string of the molecule is NCCCCNCCCNC[C@@H](N)Cc1ccccc1. The molecule has 114 valence electrons. The molecule has 0 aromatic heterocycles. The standard InChI is InChI=1S/C16H30N4/c17-9-4-5-10-19-11-6-12-20-14-16(18)13-15-7-2-1-3-8-15/h1-3,7-8,16,19-20H,4-6,9-14,17-18H2/t16-/m0/s1. The molecular formula is C16H30N4. The minimum Gasteiger partial charge on any atom is -0.330 e. The molecule has 0 radical (unpaired) electrons. The van der Waals surface area contributed by atoms with Crippen molar-refractivity contribution in [2.75, 3.05) is 32.7 Å². The van der Waals surface area contributed by atoms with Gasteiger partial charge in [0.15, 0.2) is 0 Å². The Balaban J connectivity index is 1.91. The van der Waals surface area contributed by atoms with Crippen LogP contribution < -0.4 is 22.1 Å². The third kappa shape index (κ3) is 9.04. The summed E-state index contributed by atoms with van der Waals surface area (Å²) in [6, 6.07) is 10.6. The predicted octanol–water partition coefficient (Wildman–Crippen LogP) is 0.865. The molecule has 0 aliphatic rings. The zero-order chi connectivity index (χ0) is 14.5. The molecule has 0 aliphatic heterocycles. The Kier molecular flexibility index (Phi) is 10.1. The maximum Gasteiger partial charge on any atom is 0.0206 e. The average Bonchev–Trinajstić information content (AvgIpc) is 2.46. The van der Waals surface area contributed by atoms with Crippen molar-refractivity contribution in [3.63, 3.8) is 0 Å². The summed E-state index contributed by atoms with van der Waals surface area (Å²) in [5.74, 6) is 0. The Morgan fingerprint density at radius 1 is 0.900 bits per heavy atom. The molecule has 4 heteroatoms. The topological polar surface area (TPSA) is 76.1 Å². The fourth-order valence-corrected chi connectivity index (χ4v) is 2.13. The normalized spacial score (nSPS) is 12.5. The van der Waals surface area contributed by atoms with Gasteiger partial charge < -0.3 is 22.1 Å². The lowest BCUT2D eigenvalue weighted by molar-refractivity contribution is 0.541. The van der Waals surface area contributed by atoms with Crippen LogP contribution in [0.4, 0.5) is 0 Å². The first-order valence-corrected chi connectivity index (χ1v) is 7.74. The summed E-state index contributed by atoms with van der Waals surface area (Å²) in [6.07, 6.45) is 4.36. The van der Waals surface area contributed by atoms with E-state index in [1.54, 1.807) is 0 Å². The van der Waals surface area contributed by atoms with E-state index in [0.29, 0.717) is 0 Å². The largest absolute Gasteiger partial charge is 0.330 e. The molecule has 0 bridgehead atoms. The lowest BCUT2D eigenvalue weighted by Crippen LogP contribution is -2.36. The molecular weight excluding hydrogens is 248 g/mol. The van der Waals surface area contributed by atoms with Crippen LogP contribution in [0.3, 0.4) is 0 Å². The Morgan fingerprint density at radius 3 is 2.35 bits per heavy atom. The van der Waals surface area contributed by atoms with Gasteiger partial charge in [-0.25, -0.2) is 0 Å². The minimum absolute atomic E-state index is 0.190. The monoisotopic (exact) mass is 278 g/mol. The highest BCUT2D eigenvalue weighted by Crippen LogP contribution is 2.01. The molecule has 0 fully saturated rings. The van der Waals surface area contributed by atoms with Crippen molar-refractivity contribution in [3.8, 4) is 0 Å². The summed E-state index contributed by atoms with van der Waals surface area (Å²) in [7, 11) is 0. The molecule has 0 aliphatic carbocycles. The first-order valence-electron chi connectivity index (χ1n) is 7.74. The second-order valence-electron chi connectivity index (χ2n) is 5.25. The first-order chi connectivity index (χ1) is 9.83. The van der Waals surface area contributed by atoms with Crippen LogP contribution in [-0.4, -0.2) is 38.8 Å². The lowest BCUT2D eigenvalue weighted by Gasteiger charge is -2.13. The van der Waals surface area contributed by atoms with Crippen molar-refractivity contribution < 1.29 is 0 Å². The summed E-state index contributed by atoms with van der Waals surface area (Å²) >= 11 is 0. The van der Waals surface area contributed by atoms with Gasteiger partial charge in [0.1, 0.15) is 0 Å². The molecule has 1 atom stereocenters. The maximum atomic E-state index is 6.11. The van der Waals surface area contributed by atoms with Gasteiger partial charge >= 0.3 is 0 Å². The molecule has 4 nitrogen and oxygen atoms in total. The van der Waals surface area contributed by atoms with Crippen molar-refractivity contribution in [2.24, 2.45) is 11.5 Å². The summed E-state index contributed by atoms with van der Waals surface area (Å²) in [5.41, 5.74) is 12.9. The van der Waals surface area contributed by atoms with Crippen LogP contribution in [0.5, 0.6) is 0 Å². The van der Waals surface area contributed by atoms with E-state index in [0.717, 1.165) is 52.0 Å². The van der Waals surface area contributed by atoms with Crippen molar-refractivity contribution in [2.45, 2.75) is 31.7 Å². The fourth-order valence-electron chi connectivity index (χ4n) is 2.13. The Bertz CT molecular complexity index is 316. The van der Waals surface area contributed by atoms with Crippen LogP contribution in [0.2, 0.25) is 0 Å². The Morgan fingerprint density at radius 2 is 1.60 bits per heavy atom. The van der Waals surface area contributed by atoms with Gasteiger partial charge in [0, 0.05) is 12.6 Å². The van der Waals surface area contributed by atoms with E-state index < -0.39 is 0 Å². The summed E-state index contributed by atoms with van der Waals surface area (Å²) in [5, 5.41) is 6.84. The van der Waals surface area contributed by atoms with Crippen LogP contribution in [0.1, 0.15) is 24.8 Å². The van der Waals surface area contributed by atoms with Crippen LogP contribution >= 0.6 is 0 Å². The zero-order valence-corrected chi connectivity index (χ0v) is 12.5. The zero-order valence-electron chi connectivity index (χ0n) is 12.5. The van der Waals surface area contributed by atoms with E-state index >= 15 is 0 Å². The third-order valence-electron chi connectivity index (χ3n) is 3.26. The van der Waals surface area contributed by atoms with Gasteiger partial charge in [-0.05, 0) is 57.4 Å². The van der Waals surface area contributed by atoms with Gasteiger partial charge in [-0.1, -0.05) is 30.3 Å². The Labute approximate surface area is 123 Å². The van der Waals surface area contributed by atoms with E-state index in [2.05, 4.69) is 34.9 Å². The number of nitrogens with two attached hydrogens (primary N) is 2. The summed E-state index contributed by atoms with van der Waals surface area (Å²) in [6.45, 7) is 4.83. The highest BCUT2D eigenvalue weighted by Gasteiger charge is 2.02. The van der Waals surface area contributed by atoms with Crippen LogP contribution in [0.15, 0.2) is 30.3 Å². The van der Waals surface area contributed by atoms with E-state index in [-0.39, 0.29) is 6.04 Å². The first kappa shape index (κ1) is 17.1. The van der Waals surface area contributed by atoms with E-state index in [1.165, 1.54) is 12.0 Å². The molecule has 6 N–H and O–H groups in total. The van der Waals surface area contributed by atoms with Crippen LogP contribution in [0.25, 0.3) is 0 Å². The van der Waals surface area contributed by atoms with Crippen molar-refractivity contribution in [1.29, 1.82) is 0 Å². The second kappa shape index (κ2) is 11.9. The van der Waals surface area contributed by atoms with Gasteiger partial charge in [0.2, 0.25) is 0 Å². The van der Waals surface area contributed by atoms with Gasteiger partial charge in [-0.3, -0.25) is 0 Å². The van der Waals surface area contributed by atoms with Crippen molar-refractivity contribution in [3.05, 3.63) is 35.9 Å². The van der Waals surface area contributed by atoms with Crippen LogP contribution in [-0.2, 0) is 6.42 Å². The average molecular weight is 278 g/mol. The number of hydrogen-bond donors (Lipinski definition) is 4. The number of unbranched alkanes of at least 4 members (excludes halogenated alkanes) is 1. The van der Waals surface area contributed by atoms with Crippen molar-refractivity contribution in [1.82, 2.24) is 10.6 Å². The molecule has 0 heterocycles. The highest BCUT2D eigenvalue weighted by atomic mass is 14.9. The maximum absolute atomic E-state index is 6.11. The molecule has 0 unspecified atom stereocenters. The molecule has 0 amide bonds.